The van der Waals surface area contributed by atoms with Crippen LogP contribution in [0.5, 0.6) is 0 Å². The van der Waals surface area contributed by atoms with Crippen LogP contribution in [-0.4, -0.2) is 43.9 Å². The number of aromatic nitrogens is 2. The van der Waals surface area contributed by atoms with Crippen LogP contribution in [0.3, 0.4) is 0 Å². The van der Waals surface area contributed by atoms with Crippen molar-refractivity contribution >= 4 is 10.0 Å². The summed E-state index contributed by atoms with van der Waals surface area (Å²) < 4.78 is 30.8. The highest BCUT2D eigenvalue weighted by atomic mass is 32.2. The Hall–Kier alpha value is -0.990. The highest BCUT2D eigenvalue weighted by molar-refractivity contribution is 7.89. The van der Waals surface area contributed by atoms with Crippen molar-refractivity contribution in [2.75, 3.05) is 25.4 Å². The molecule has 0 atom stereocenters. The third-order valence-corrected chi connectivity index (χ3v) is 4.15. The minimum absolute atomic E-state index is 0.159. The molecule has 0 spiro atoms. The number of sulfonamides is 1. The fourth-order valence-electron chi connectivity index (χ4n) is 1.68. The van der Waals surface area contributed by atoms with E-state index in [1.165, 1.54) is 0 Å². The fourth-order valence-corrected chi connectivity index (χ4v) is 2.82. The van der Waals surface area contributed by atoms with Gasteiger partial charge in [-0.25, -0.2) is 13.1 Å². The van der Waals surface area contributed by atoms with E-state index >= 15 is 0 Å². The smallest absolute Gasteiger partial charge is 0.223 e. The topological polar surface area (TPSA) is 97.1 Å². The van der Waals surface area contributed by atoms with Crippen molar-refractivity contribution in [3.05, 3.63) is 11.7 Å². The lowest BCUT2D eigenvalue weighted by atomic mass is 10.3. The Morgan fingerprint density at radius 2 is 2.00 bits per heavy atom. The summed E-state index contributed by atoms with van der Waals surface area (Å²) in [5.41, 5.74) is 0. The molecule has 1 heterocycles. The van der Waals surface area contributed by atoms with Crippen molar-refractivity contribution in [2.45, 2.75) is 39.5 Å². The Morgan fingerprint density at radius 3 is 2.65 bits per heavy atom. The van der Waals surface area contributed by atoms with Crippen LogP contribution in [-0.2, 0) is 16.4 Å². The van der Waals surface area contributed by atoms with Gasteiger partial charge in [-0.15, -0.1) is 0 Å². The normalized spacial score (nSPS) is 11.9. The third kappa shape index (κ3) is 7.56. The first kappa shape index (κ1) is 17.1. The third-order valence-electron chi connectivity index (χ3n) is 2.68. The number of rotatable bonds is 11. The maximum Gasteiger partial charge on any atom is 0.223 e. The maximum atomic E-state index is 11.7. The van der Waals surface area contributed by atoms with Gasteiger partial charge in [0.05, 0.1) is 5.75 Å². The van der Waals surface area contributed by atoms with Gasteiger partial charge in [-0.1, -0.05) is 12.1 Å². The van der Waals surface area contributed by atoms with Gasteiger partial charge in [0.15, 0.2) is 5.82 Å². The first-order valence-corrected chi connectivity index (χ1v) is 8.66. The average molecular weight is 304 g/mol. The Balaban J connectivity index is 2.11. The van der Waals surface area contributed by atoms with Gasteiger partial charge in [-0.3, -0.25) is 0 Å². The second-order valence-corrected chi connectivity index (χ2v) is 6.58. The van der Waals surface area contributed by atoms with Crippen molar-refractivity contribution in [2.24, 2.45) is 0 Å². The first-order valence-electron chi connectivity index (χ1n) is 7.00. The first-order chi connectivity index (χ1) is 9.53. The Labute approximate surface area is 120 Å². The highest BCUT2D eigenvalue weighted by Crippen LogP contribution is 1.97. The number of hydrogen-bond donors (Lipinski definition) is 2. The van der Waals surface area contributed by atoms with E-state index in [-0.39, 0.29) is 5.75 Å². The molecule has 0 aliphatic carbocycles. The van der Waals surface area contributed by atoms with Gasteiger partial charge in [-0.05, 0) is 32.4 Å². The van der Waals surface area contributed by atoms with Crippen LogP contribution in [0.4, 0.5) is 0 Å². The van der Waals surface area contributed by atoms with Gasteiger partial charge in [0, 0.05) is 19.9 Å². The van der Waals surface area contributed by atoms with Gasteiger partial charge in [0.1, 0.15) is 0 Å². The quantitative estimate of drug-likeness (QED) is 0.582. The van der Waals surface area contributed by atoms with E-state index in [1.807, 2.05) is 0 Å². The molecule has 0 fully saturated rings. The van der Waals surface area contributed by atoms with E-state index in [9.17, 15) is 8.42 Å². The van der Waals surface area contributed by atoms with Crippen LogP contribution in [0.2, 0.25) is 0 Å². The monoisotopic (exact) mass is 304 g/mol. The number of unbranched alkanes of at least 4 members (excludes halogenated alkanes) is 1. The standard InChI is InChI=1S/C12H24N4O3S/c1-3-7-13-8-4-5-10-20(17,18)14-9-6-12-15-11(2)19-16-12/h13-14H,3-10H2,1-2H3. The summed E-state index contributed by atoms with van der Waals surface area (Å²) in [6.07, 6.45) is 3.06. The van der Waals surface area contributed by atoms with E-state index in [0.29, 0.717) is 31.1 Å². The molecule has 20 heavy (non-hydrogen) atoms. The summed E-state index contributed by atoms with van der Waals surface area (Å²) in [6, 6.07) is 0. The molecule has 0 saturated carbocycles. The molecule has 1 aromatic rings. The van der Waals surface area contributed by atoms with Crippen LogP contribution < -0.4 is 10.0 Å². The predicted octanol–water partition coefficient (Wildman–Crippen LogP) is 0.620. The van der Waals surface area contributed by atoms with Crippen molar-refractivity contribution in [3.63, 3.8) is 0 Å². The minimum Gasteiger partial charge on any atom is -0.340 e. The molecule has 1 aromatic heterocycles. The predicted molar refractivity (Wildman–Crippen MR) is 76.9 cm³/mol. The SMILES string of the molecule is CCCNCCCCS(=O)(=O)NCCc1noc(C)n1. The molecule has 0 radical (unpaired) electrons. The highest BCUT2D eigenvalue weighted by Gasteiger charge is 2.10. The number of aryl methyl sites for hydroxylation is 1. The van der Waals surface area contributed by atoms with Gasteiger partial charge < -0.3 is 9.84 Å². The maximum absolute atomic E-state index is 11.7. The molecule has 7 nitrogen and oxygen atoms in total. The molecule has 116 valence electrons. The molecular formula is C12H24N4O3S. The van der Waals surface area contributed by atoms with Gasteiger partial charge in [0.2, 0.25) is 15.9 Å². The Bertz CT molecular complexity index is 473. The van der Waals surface area contributed by atoms with Crippen molar-refractivity contribution < 1.29 is 12.9 Å². The molecule has 0 saturated heterocycles. The summed E-state index contributed by atoms with van der Waals surface area (Å²) in [5.74, 6) is 1.17. The second-order valence-electron chi connectivity index (χ2n) is 4.65. The summed E-state index contributed by atoms with van der Waals surface area (Å²) in [6.45, 7) is 5.95. The van der Waals surface area contributed by atoms with E-state index < -0.39 is 10.0 Å². The number of hydrogen-bond acceptors (Lipinski definition) is 6. The molecule has 0 aromatic carbocycles. The largest absolute Gasteiger partial charge is 0.340 e. The summed E-state index contributed by atoms with van der Waals surface area (Å²) in [5, 5.41) is 6.96. The number of nitrogens with zero attached hydrogens (tertiary/aromatic N) is 2. The van der Waals surface area contributed by atoms with Crippen LogP contribution in [0.1, 0.15) is 37.9 Å². The molecule has 0 aliphatic rings. The lowest BCUT2D eigenvalue weighted by molar-refractivity contribution is 0.387. The molecular weight excluding hydrogens is 280 g/mol. The van der Waals surface area contributed by atoms with Gasteiger partial charge in [0.25, 0.3) is 0 Å². The van der Waals surface area contributed by atoms with E-state index in [0.717, 1.165) is 25.9 Å². The molecule has 8 heteroatoms. The van der Waals surface area contributed by atoms with Crippen molar-refractivity contribution in [1.82, 2.24) is 20.2 Å². The lowest BCUT2D eigenvalue weighted by Gasteiger charge is -2.06. The molecule has 1 rings (SSSR count). The Morgan fingerprint density at radius 1 is 1.20 bits per heavy atom. The summed E-state index contributed by atoms with van der Waals surface area (Å²) >= 11 is 0. The van der Waals surface area contributed by atoms with E-state index in [1.54, 1.807) is 6.92 Å². The average Bonchev–Trinajstić information content (AvgIpc) is 2.79. The van der Waals surface area contributed by atoms with Crippen LogP contribution in [0.25, 0.3) is 0 Å². The zero-order chi connectivity index (χ0) is 14.8. The van der Waals surface area contributed by atoms with Crippen molar-refractivity contribution in [1.29, 1.82) is 0 Å². The lowest BCUT2D eigenvalue weighted by Crippen LogP contribution is -2.29. The van der Waals surface area contributed by atoms with Crippen molar-refractivity contribution in [3.8, 4) is 0 Å². The summed E-state index contributed by atoms with van der Waals surface area (Å²) in [7, 11) is -3.20. The zero-order valence-electron chi connectivity index (χ0n) is 12.2. The van der Waals surface area contributed by atoms with Gasteiger partial charge >= 0.3 is 0 Å². The second kappa shape index (κ2) is 9.04. The number of nitrogens with one attached hydrogen (secondary N) is 2. The van der Waals surface area contributed by atoms with E-state index in [4.69, 9.17) is 4.52 Å². The molecule has 2 N–H and O–H groups in total. The van der Waals surface area contributed by atoms with Crippen LogP contribution in [0.15, 0.2) is 4.52 Å². The molecule has 0 aliphatic heterocycles. The Kier molecular flexibility index (Phi) is 7.71. The molecule has 0 bridgehead atoms. The molecule has 0 unspecified atom stereocenters. The fraction of sp³-hybridized carbons (Fsp3) is 0.833. The minimum atomic E-state index is -3.20. The molecule has 0 amide bonds. The van der Waals surface area contributed by atoms with Crippen LogP contribution in [0, 0.1) is 6.92 Å². The summed E-state index contributed by atoms with van der Waals surface area (Å²) in [4.78, 5) is 4.01. The van der Waals surface area contributed by atoms with Crippen LogP contribution >= 0.6 is 0 Å². The zero-order valence-corrected chi connectivity index (χ0v) is 13.0. The van der Waals surface area contributed by atoms with Gasteiger partial charge in [-0.2, -0.15) is 4.98 Å². The van der Waals surface area contributed by atoms with E-state index in [2.05, 4.69) is 27.1 Å².